The van der Waals surface area contributed by atoms with Crippen LogP contribution in [0.2, 0.25) is 0 Å². The van der Waals surface area contributed by atoms with Crippen LogP contribution >= 0.6 is 0 Å². The number of hydrogen-bond acceptors (Lipinski definition) is 6. The third-order valence-electron chi connectivity index (χ3n) is 8.41. The van der Waals surface area contributed by atoms with Gasteiger partial charge in [0.2, 0.25) is 0 Å². The van der Waals surface area contributed by atoms with Crippen molar-refractivity contribution < 1.29 is 29.7 Å². The molecule has 4 rings (SSSR count). The lowest BCUT2D eigenvalue weighted by atomic mass is 9.46. The van der Waals surface area contributed by atoms with Gasteiger partial charge in [0.05, 0.1) is 0 Å². The zero-order valence-corrected chi connectivity index (χ0v) is 17.0. The molecule has 0 amide bonds. The zero-order chi connectivity index (χ0) is 20.9. The second-order valence-corrected chi connectivity index (χ2v) is 9.38. The first-order valence-corrected chi connectivity index (χ1v) is 10.3. The van der Waals surface area contributed by atoms with Crippen LogP contribution in [-0.2, 0) is 14.4 Å². The molecule has 28 heavy (non-hydrogen) atoms. The number of aliphatic hydroxyl groups is 3. The molecule has 0 aromatic rings. The maximum atomic E-state index is 13.3. The van der Waals surface area contributed by atoms with Crippen LogP contribution in [0.1, 0.15) is 58.8 Å². The summed E-state index contributed by atoms with van der Waals surface area (Å²) in [7, 11) is 1.00. The number of rotatable bonds is 2. The Labute approximate surface area is 166 Å². The average Bonchev–Trinajstić information content (AvgIpc) is 2.94. The van der Waals surface area contributed by atoms with Crippen LogP contribution in [0.25, 0.3) is 0 Å². The third kappa shape index (κ3) is 2.68. The van der Waals surface area contributed by atoms with Crippen LogP contribution in [0.15, 0.2) is 11.6 Å². The lowest BCUT2D eigenvalue weighted by Crippen LogP contribution is -2.60. The lowest BCUT2D eigenvalue weighted by Gasteiger charge is -2.57. The molecule has 4 aliphatic rings. The quantitative estimate of drug-likeness (QED) is 0.658. The number of aliphatic hydroxyl groups excluding tert-OH is 2. The molecule has 4 aliphatic carbocycles. The van der Waals surface area contributed by atoms with Crippen molar-refractivity contribution in [2.45, 2.75) is 64.4 Å². The second-order valence-electron chi connectivity index (χ2n) is 9.38. The van der Waals surface area contributed by atoms with Gasteiger partial charge in [-0.25, -0.2) is 0 Å². The molecule has 0 bridgehead atoms. The van der Waals surface area contributed by atoms with Gasteiger partial charge in [-0.1, -0.05) is 19.4 Å². The van der Waals surface area contributed by atoms with E-state index < -0.39 is 23.4 Å². The zero-order valence-electron chi connectivity index (χ0n) is 17.0. The van der Waals surface area contributed by atoms with Gasteiger partial charge in [-0.15, -0.1) is 0 Å². The molecule has 0 radical (unpaired) electrons. The Kier molecular flexibility index (Phi) is 5.45. The van der Waals surface area contributed by atoms with Crippen molar-refractivity contribution >= 4 is 17.3 Å². The number of carbonyl (C=O) groups excluding carboxylic acids is 3. The molecule has 6 nitrogen and oxygen atoms in total. The summed E-state index contributed by atoms with van der Waals surface area (Å²) >= 11 is 0. The van der Waals surface area contributed by atoms with Gasteiger partial charge >= 0.3 is 0 Å². The van der Waals surface area contributed by atoms with Gasteiger partial charge in [0.15, 0.2) is 11.6 Å². The molecule has 3 saturated carbocycles. The van der Waals surface area contributed by atoms with E-state index >= 15 is 0 Å². The highest BCUT2D eigenvalue weighted by molar-refractivity contribution is 5.94. The van der Waals surface area contributed by atoms with Crippen molar-refractivity contribution in [1.82, 2.24) is 0 Å². The predicted molar refractivity (Wildman–Crippen MR) is 102 cm³/mol. The fourth-order valence-electron chi connectivity index (χ4n) is 6.98. The van der Waals surface area contributed by atoms with Gasteiger partial charge in [0.25, 0.3) is 0 Å². The van der Waals surface area contributed by atoms with E-state index in [9.17, 15) is 24.6 Å². The molecule has 6 heteroatoms. The largest absolute Gasteiger partial charge is 0.400 e. The maximum absolute atomic E-state index is 13.3. The van der Waals surface area contributed by atoms with Crippen molar-refractivity contribution in [2.24, 2.45) is 28.6 Å². The summed E-state index contributed by atoms with van der Waals surface area (Å²) in [5, 5.41) is 27.5. The number of Topliss-reactive ketones (excluding diaryl/α,β-unsaturated/α-hetero) is 2. The Balaban J connectivity index is 0.00000109. The van der Waals surface area contributed by atoms with Gasteiger partial charge in [0, 0.05) is 31.3 Å². The van der Waals surface area contributed by atoms with Crippen LogP contribution < -0.4 is 0 Å². The maximum Gasteiger partial charge on any atom is 0.190 e. The number of allylic oxidation sites excluding steroid dienone is 1. The molecular weight excluding hydrogens is 360 g/mol. The highest BCUT2D eigenvalue weighted by Crippen LogP contribution is 2.66. The lowest BCUT2D eigenvalue weighted by molar-refractivity contribution is -0.170. The highest BCUT2D eigenvalue weighted by Gasteiger charge is 2.68. The van der Waals surface area contributed by atoms with Crippen molar-refractivity contribution in [1.29, 1.82) is 0 Å². The summed E-state index contributed by atoms with van der Waals surface area (Å²) < 4.78 is 0. The molecule has 156 valence electrons. The van der Waals surface area contributed by atoms with Crippen LogP contribution in [-0.4, -0.2) is 52.0 Å². The molecule has 3 fully saturated rings. The van der Waals surface area contributed by atoms with Crippen molar-refractivity contribution in [2.75, 3.05) is 13.7 Å². The molecule has 0 aliphatic heterocycles. The van der Waals surface area contributed by atoms with Crippen molar-refractivity contribution in [3.8, 4) is 0 Å². The van der Waals surface area contributed by atoms with E-state index in [1.165, 1.54) is 0 Å². The SMILES string of the molecule is CO.C[C@]12CCC(=O)C=C1CC[C@@H]1[C@@H]2C(=O)C[C@@]2(C)[C@H]1CC[C@]2(O)C(=O)CO. The molecule has 0 saturated heterocycles. The van der Waals surface area contributed by atoms with E-state index in [2.05, 4.69) is 6.92 Å². The minimum absolute atomic E-state index is 0.0988. The fourth-order valence-corrected chi connectivity index (χ4v) is 6.98. The first kappa shape index (κ1) is 21.3. The van der Waals surface area contributed by atoms with Gasteiger partial charge in [-0.3, -0.25) is 14.4 Å². The molecule has 0 spiro atoms. The van der Waals surface area contributed by atoms with E-state index in [0.29, 0.717) is 25.7 Å². The summed E-state index contributed by atoms with van der Waals surface area (Å²) in [6.07, 6.45) is 5.83. The highest BCUT2D eigenvalue weighted by atomic mass is 16.3. The third-order valence-corrected chi connectivity index (χ3v) is 8.41. The smallest absolute Gasteiger partial charge is 0.190 e. The van der Waals surface area contributed by atoms with Crippen LogP contribution in [0.3, 0.4) is 0 Å². The Bertz CT molecular complexity index is 727. The van der Waals surface area contributed by atoms with Crippen molar-refractivity contribution in [3.63, 3.8) is 0 Å². The van der Waals surface area contributed by atoms with E-state index in [0.717, 1.165) is 25.5 Å². The van der Waals surface area contributed by atoms with Crippen molar-refractivity contribution in [3.05, 3.63) is 11.6 Å². The van der Waals surface area contributed by atoms with Crippen LogP contribution in [0, 0.1) is 28.6 Å². The standard InChI is InChI=1S/C21H28O5.CH4O/c1-19-7-5-13(23)9-12(19)3-4-14-15-6-8-21(26,17(25)11-22)20(15,2)10-16(24)18(14)19;1-2/h9,14-15,18,22,26H,3-8,10-11H2,1-2H3;2H,1H3/t14-,15-,18+,19-,20-,21-;/m0./s1. The fraction of sp³-hybridized carbons (Fsp3) is 0.773. The molecule has 6 atom stereocenters. The monoisotopic (exact) mass is 392 g/mol. The summed E-state index contributed by atoms with van der Waals surface area (Å²) in [6.45, 7) is 3.31. The Morgan fingerprint density at radius 3 is 2.46 bits per heavy atom. The van der Waals surface area contributed by atoms with E-state index in [-0.39, 0.29) is 41.2 Å². The summed E-state index contributed by atoms with van der Waals surface area (Å²) in [6, 6.07) is 0. The molecule has 0 unspecified atom stereocenters. The Morgan fingerprint density at radius 1 is 1.14 bits per heavy atom. The van der Waals surface area contributed by atoms with E-state index in [1.54, 1.807) is 6.08 Å². The average molecular weight is 392 g/mol. The normalized spacial score (nSPS) is 44.5. The molecule has 0 heterocycles. The second kappa shape index (κ2) is 7.15. The number of ketones is 3. The topological polar surface area (TPSA) is 112 Å². The van der Waals surface area contributed by atoms with Gasteiger partial charge in [0.1, 0.15) is 18.0 Å². The number of carbonyl (C=O) groups is 3. The van der Waals surface area contributed by atoms with E-state index in [1.807, 2.05) is 6.92 Å². The summed E-state index contributed by atoms with van der Waals surface area (Å²) in [5.74, 6) is -0.172. The summed E-state index contributed by atoms with van der Waals surface area (Å²) in [5.41, 5.74) is -1.55. The predicted octanol–water partition coefficient (Wildman–Crippen LogP) is 1.60. The summed E-state index contributed by atoms with van der Waals surface area (Å²) in [4.78, 5) is 37.5. The first-order chi connectivity index (χ1) is 13.2. The number of fused-ring (bicyclic) bond motifs is 5. The number of hydrogen-bond donors (Lipinski definition) is 3. The molecule has 3 N–H and O–H groups in total. The molecule has 0 aromatic heterocycles. The molecule has 0 aromatic carbocycles. The molecular formula is C22H32O6. The van der Waals surface area contributed by atoms with Gasteiger partial charge in [-0.2, -0.15) is 0 Å². The van der Waals surface area contributed by atoms with Gasteiger partial charge in [-0.05, 0) is 55.4 Å². The van der Waals surface area contributed by atoms with Crippen LogP contribution in [0.4, 0.5) is 0 Å². The minimum Gasteiger partial charge on any atom is -0.400 e. The Morgan fingerprint density at radius 2 is 1.82 bits per heavy atom. The Hall–Kier alpha value is -1.37. The van der Waals surface area contributed by atoms with E-state index in [4.69, 9.17) is 5.11 Å². The first-order valence-electron chi connectivity index (χ1n) is 10.3. The van der Waals surface area contributed by atoms with Gasteiger partial charge < -0.3 is 15.3 Å². The van der Waals surface area contributed by atoms with Crippen LogP contribution in [0.5, 0.6) is 0 Å². The minimum atomic E-state index is -1.60.